The van der Waals surface area contributed by atoms with Crippen LogP contribution in [0.1, 0.15) is 61.2 Å². The molecule has 0 aromatic heterocycles. The highest BCUT2D eigenvalue weighted by atomic mass is 16.6. The van der Waals surface area contributed by atoms with Gasteiger partial charge in [-0.25, -0.2) is 19.2 Å². The summed E-state index contributed by atoms with van der Waals surface area (Å²) in [6.45, 7) is 1.61. The topological polar surface area (TPSA) is 157 Å². The third-order valence-electron chi connectivity index (χ3n) is 4.10. The summed E-state index contributed by atoms with van der Waals surface area (Å²) in [4.78, 5) is 49.3. The van der Waals surface area contributed by atoms with E-state index in [9.17, 15) is 34.5 Å². The molecule has 10 nitrogen and oxygen atoms in total. The molecule has 0 radical (unpaired) electrons. The van der Waals surface area contributed by atoms with E-state index in [4.69, 9.17) is 20.6 Å². The molecule has 33 heavy (non-hydrogen) atoms. The number of carbonyl (C=O) groups is 4. The first kappa shape index (κ1) is 24.7. The van der Waals surface area contributed by atoms with E-state index in [-0.39, 0.29) is 29.9 Å². The van der Waals surface area contributed by atoms with E-state index in [1.807, 2.05) is 0 Å². The monoisotopic (exact) mass is 456 g/mol. The van der Waals surface area contributed by atoms with Gasteiger partial charge in [-0.3, -0.25) is 0 Å². The molecule has 0 saturated heterocycles. The zero-order chi connectivity index (χ0) is 24.5. The molecular formula is C23H20O10. The van der Waals surface area contributed by atoms with Gasteiger partial charge in [0.1, 0.15) is 0 Å². The molecule has 0 amide bonds. The van der Waals surface area contributed by atoms with Crippen LogP contribution in [0, 0.1) is 12.3 Å². The van der Waals surface area contributed by atoms with Crippen molar-refractivity contribution in [2.24, 2.45) is 0 Å². The van der Waals surface area contributed by atoms with Crippen molar-refractivity contribution in [3.63, 3.8) is 0 Å². The molecule has 0 spiro atoms. The van der Waals surface area contributed by atoms with Gasteiger partial charge in [-0.2, -0.15) is 0 Å². The molecule has 0 heterocycles. The van der Waals surface area contributed by atoms with Gasteiger partial charge < -0.3 is 29.5 Å². The Morgan fingerprint density at radius 2 is 1.24 bits per heavy atom. The third-order valence-corrected chi connectivity index (χ3v) is 4.10. The molecule has 172 valence electrons. The van der Waals surface area contributed by atoms with Crippen LogP contribution in [0.15, 0.2) is 30.3 Å². The molecule has 0 aliphatic rings. The molecular weight excluding hydrogens is 436 g/mol. The molecule has 2 aromatic rings. The normalized spacial score (nSPS) is 10.1. The molecule has 0 fully saturated rings. The number of aromatic hydroxyl groups is 3. The minimum absolute atomic E-state index is 0.0127. The second kappa shape index (κ2) is 11.2. The van der Waals surface area contributed by atoms with Crippen LogP contribution >= 0.6 is 0 Å². The molecule has 2 rings (SSSR count). The summed E-state index contributed by atoms with van der Waals surface area (Å²) >= 11 is 0. The van der Waals surface area contributed by atoms with Crippen molar-refractivity contribution >= 4 is 23.9 Å². The summed E-state index contributed by atoms with van der Waals surface area (Å²) in [5.41, 5.74) is -1.10. The summed E-state index contributed by atoms with van der Waals surface area (Å²) in [6, 6.07) is 4.84. The number of esters is 4. The Morgan fingerprint density at radius 1 is 0.788 bits per heavy atom. The fraction of sp³-hybridized carbons (Fsp3) is 0.217. The van der Waals surface area contributed by atoms with Gasteiger partial charge in [-0.1, -0.05) is 0 Å². The number of ether oxygens (including phenoxy) is 3. The minimum atomic E-state index is -1.27. The van der Waals surface area contributed by atoms with Gasteiger partial charge in [0.15, 0.2) is 17.2 Å². The smallest absolute Gasteiger partial charge is 0.346 e. The van der Waals surface area contributed by atoms with E-state index < -0.39 is 46.7 Å². The summed E-state index contributed by atoms with van der Waals surface area (Å²) in [5.74, 6) is -4.26. The Bertz CT molecular complexity index is 1100. The van der Waals surface area contributed by atoms with E-state index in [2.05, 4.69) is 5.92 Å². The Kier molecular flexibility index (Phi) is 8.40. The molecule has 0 bridgehead atoms. The molecule has 2 aromatic carbocycles. The van der Waals surface area contributed by atoms with Crippen LogP contribution in [0.2, 0.25) is 0 Å². The highest BCUT2D eigenvalue weighted by molar-refractivity contribution is 6.05. The maximum absolute atomic E-state index is 12.5. The number of carbonyl (C=O) groups excluding carboxylic acids is 4. The predicted molar refractivity (Wildman–Crippen MR) is 112 cm³/mol. The number of phenolic OH excluding ortho intramolecular Hbond substituents is 3. The average Bonchev–Trinajstić information content (AvgIpc) is 2.79. The van der Waals surface area contributed by atoms with Gasteiger partial charge in [0.25, 0.3) is 0 Å². The van der Waals surface area contributed by atoms with Crippen LogP contribution in [0.5, 0.6) is 17.2 Å². The average molecular weight is 456 g/mol. The van der Waals surface area contributed by atoms with Crippen molar-refractivity contribution in [2.45, 2.75) is 19.8 Å². The molecule has 3 N–H and O–H groups in total. The van der Waals surface area contributed by atoms with E-state index >= 15 is 0 Å². The Balaban J connectivity index is 2.31. The number of phenols is 3. The lowest BCUT2D eigenvalue weighted by Crippen LogP contribution is -2.16. The Hall–Kier alpha value is -4.52. The van der Waals surface area contributed by atoms with Crippen LogP contribution in [0.3, 0.4) is 0 Å². The van der Waals surface area contributed by atoms with Gasteiger partial charge in [0.05, 0.1) is 35.5 Å². The van der Waals surface area contributed by atoms with Crippen LogP contribution in [-0.2, 0) is 14.2 Å². The first-order valence-electron chi connectivity index (χ1n) is 9.62. The zero-order valence-corrected chi connectivity index (χ0v) is 17.5. The van der Waals surface area contributed by atoms with Crippen LogP contribution in [-0.4, -0.2) is 52.4 Å². The maximum Gasteiger partial charge on any atom is 0.346 e. The van der Waals surface area contributed by atoms with Crippen molar-refractivity contribution in [3.05, 3.63) is 52.6 Å². The summed E-state index contributed by atoms with van der Waals surface area (Å²) in [5, 5.41) is 28.4. The second-order valence-electron chi connectivity index (χ2n) is 6.50. The maximum atomic E-state index is 12.5. The molecule has 0 aliphatic heterocycles. The van der Waals surface area contributed by atoms with E-state index in [0.717, 1.165) is 30.3 Å². The fourth-order valence-electron chi connectivity index (χ4n) is 2.54. The first-order valence-corrected chi connectivity index (χ1v) is 9.62. The van der Waals surface area contributed by atoms with E-state index in [1.165, 1.54) is 0 Å². The fourth-order valence-corrected chi connectivity index (χ4v) is 2.54. The Morgan fingerprint density at radius 3 is 1.73 bits per heavy atom. The van der Waals surface area contributed by atoms with Crippen molar-refractivity contribution in [3.8, 4) is 29.6 Å². The minimum Gasteiger partial charge on any atom is -0.504 e. The highest BCUT2D eigenvalue weighted by Crippen LogP contribution is 2.35. The number of unbranched alkanes of at least 4 members (excludes halogenated alkanes) is 1. The van der Waals surface area contributed by atoms with Gasteiger partial charge in [0.2, 0.25) is 0 Å². The lowest BCUT2D eigenvalue weighted by molar-refractivity contribution is 0.0396. The summed E-state index contributed by atoms with van der Waals surface area (Å²) in [7, 11) is 0. The van der Waals surface area contributed by atoms with Gasteiger partial charge in [-0.05, 0) is 43.7 Å². The van der Waals surface area contributed by atoms with Gasteiger partial charge in [0, 0.05) is 6.42 Å². The third kappa shape index (κ3) is 6.48. The lowest BCUT2D eigenvalue weighted by Gasteiger charge is -2.10. The number of hydrogen-bond acceptors (Lipinski definition) is 10. The van der Waals surface area contributed by atoms with Crippen molar-refractivity contribution in [2.75, 3.05) is 13.2 Å². The molecule has 0 saturated carbocycles. The number of rotatable bonds is 8. The first-order chi connectivity index (χ1) is 15.7. The van der Waals surface area contributed by atoms with Crippen molar-refractivity contribution in [1.82, 2.24) is 0 Å². The Labute approximate surface area is 188 Å². The largest absolute Gasteiger partial charge is 0.504 e. The zero-order valence-electron chi connectivity index (χ0n) is 17.5. The van der Waals surface area contributed by atoms with Gasteiger partial charge in [-0.15, -0.1) is 12.3 Å². The van der Waals surface area contributed by atoms with E-state index in [1.54, 1.807) is 6.92 Å². The van der Waals surface area contributed by atoms with Crippen LogP contribution < -0.4 is 0 Å². The lowest BCUT2D eigenvalue weighted by atomic mass is 10.1. The molecule has 0 atom stereocenters. The predicted octanol–water partition coefficient (Wildman–Crippen LogP) is 2.55. The standard InChI is InChI=1S/C23H20O10/c1-3-5-6-7-32-21(28)14-8-13(20(27)31-4-2)9-15(10-14)22(29)33-23(30)16-11-17(24)19(26)18(25)12-16/h1,8-12,24-26H,4-7H2,2H3. The van der Waals surface area contributed by atoms with Crippen molar-refractivity contribution < 1.29 is 48.7 Å². The second-order valence-corrected chi connectivity index (χ2v) is 6.50. The van der Waals surface area contributed by atoms with Crippen LogP contribution in [0.25, 0.3) is 0 Å². The highest BCUT2D eigenvalue weighted by Gasteiger charge is 2.22. The molecule has 0 aliphatic carbocycles. The number of benzene rings is 2. The number of terminal acetylenes is 1. The van der Waals surface area contributed by atoms with Crippen molar-refractivity contribution in [1.29, 1.82) is 0 Å². The van der Waals surface area contributed by atoms with E-state index in [0.29, 0.717) is 12.8 Å². The summed E-state index contributed by atoms with van der Waals surface area (Å²) in [6.07, 6.45) is 5.94. The number of hydrogen-bond donors (Lipinski definition) is 3. The molecule has 10 heteroatoms. The molecule has 0 unspecified atom stereocenters. The quantitative estimate of drug-likeness (QED) is 0.135. The van der Waals surface area contributed by atoms with Crippen LogP contribution in [0.4, 0.5) is 0 Å². The SMILES string of the molecule is C#CCCCOC(=O)c1cc(C(=O)OCC)cc(C(=O)OC(=O)c2cc(O)c(O)c(O)c2)c1. The summed E-state index contributed by atoms with van der Waals surface area (Å²) < 4.78 is 14.7. The van der Waals surface area contributed by atoms with Gasteiger partial charge >= 0.3 is 23.9 Å².